The van der Waals surface area contributed by atoms with E-state index in [1.54, 1.807) is 83.1 Å². The molecule has 2 aliphatic heterocycles. The molecule has 2 rings (SSSR count). The van der Waals surface area contributed by atoms with Gasteiger partial charge >= 0.3 is 23.9 Å². The lowest BCUT2D eigenvalue weighted by Gasteiger charge is -2.48. The highest BCUT2D eigenvalue weighted by atomic mass is 16.8. The van der Waals surface area contributed by atoms with Gasteiger partial charge in [-0.15, -0.1) is 0 Å². The molecule has 2 fully saturated rings. The minimum absolute atomic E-state index is 0.520. The quantitative estimate of drug-likeness (QED) is 0.232. The normalized spacial score (nSPS) is 31.8. The Hall–Kier alpha value is -2.40. The first-order valence-electron chi connectivity index (χ1n) is 16.0. The van der Waals surface area contributed by atoms with Crippen LogP contribution in [-0.2, 0) is 57.1 Å². The standard InChI is InChI=1S/C33H56O15/c1-30(2,3)26(37)42-15-17-20(46-27(38)31(4,5)6)22(47-28(39)32(7,8)9)23(48-29(40)33(10,11)12)25(44-17)45-21-19(36)18(35)16(14-34)43-24(21)41-13/h16-25,34-36H,14-15H2,1-13H3/t16-,17-,18+,19+,20-,21-,22+,23-,24-,25+/m1/s1. The second kappa shape index (κ2) is 15.7. The van der Waals surface area contributed by atoms with Gasteiger partial charge in [0.05, 0.1) is 28.3 Å². The molecule has 15 nitrogen and oxygen atoms in total. The largest absolute Gasteiger partial charge is 0.462 e. The molecule has 0 saturated carbocycles. The summed E-state index contributed by atoms with van der Waals surface area (Å²) in [5.74, 6) is -2.88. The second-order valence-electron chi connectivity index (χ2n) is 16.3. The van der Waals surface area contributed by atoms with E-state index in [2.05, 4.69) is 0 Å². The molecule has 2 saturated heterocycles. The predicted molar refractivity (Wildman–Crippen MR) is 167 cm³/mol. The maximum Gasteiger partial charge on any atom is 0.311 e. The molecule has 0 aliphatic carbocycles. The summed E-state index contributed by atoms with van der Waals surface area (Å²) in [5.41, 5.74) is -4.16. The van der Waals surface area contributed by atoms with Crippen LogP contribution < -0.4 is 0 Å². The summed E-state index contributed by atoms with van der Waals surface area (Å²) in [7, 11) is 1.24. The van der Waals surface area contributed by atoms with E-state index >= 15 is 0 Å². The lowest BCUT2D eigenvalue weighted by atomic mass is 9.92. The summed E-state index contributed by atoms with van der Waals surface area (Å²) in [4.78, 5) is 53.0. The Kier molecular flexibility index (Phi) is 13.6. The van der Waals surface area contributed by atoms with Gasteiger partial charge in [0.15, 0.2) is 30.9 Å². The van der Waals surface area contributed by atoms with Crippen LogP contribution in [0.4, 0.5) is 0 Å². The van der Waals surface area contributed by atoms with Crippen molar-refractivity contribution < 1.29 is 72.4 Å². The highest BCUT2D eigenvalue weighted by Gasteiger charge is 2.57. The first-order chi connectivity index (χ1) is 21.7. The van der Waals surface area contributed by atoms with Crippen molar-refractivity contribution in [1.29, 1.82) is 0 Å². The number of rotatable bonds is 9. The summed E-state index contributed by atoms with van der Waals surface area (Å²) in [6.45, 7) is 18.1. The van der Waals surface area contributed by atoms with Crippen LogP contribution in [0.5, 0.6) is 0 Å². The highest BCUT2D eigenvalue weighted by molar-refractivity contribution is 5.78. The van der Waals surface area contributed by atoms with Gasteiger partial charge in [-0.2, -0.15) is 0 Å². The summed E-state index contributed by atoms with van der Waals surface area (Å²) in [6, 6.07) is 0. The van der Waals surface area contributed by atoms with Gasteiger partial charge in [-0.25, -0.2) is 0 Å². The van der Waals surface area contributed by atoms with Crippen molar-refractivity contribution in [2.45, 2.75) is 144 Å². The van der Waals surface area contributed by atoms with Crippen molar-refractivity contribution in [2.75, 3.05) is 20.3 Å². The van der Waals surface area contributed by atoms with Gasteiger partial charge in [0, 0.05) is 7.11 Å². The van der Waals surface area contributed by atoms with Gasteiger partial charge in [-0.3, -0.25) is 19.2 Å². The Balaban J connectivity index is 2.76. The molecule has 15 heteroatoms. The van der Waals surface area contributed by atoms with Gasteiger partial charge < -0.3 is 53.2 Å². The van der Waals surface area contributed by atoms with E-state index in [9.17, 15) is 34.5 Å². The van der Waals surface area contributed by atoms with Crippen LogP contribution in [0.1, 0.15) is 83.1 Å². The molecular formula is C33H56O15. The van der Waals surface area contributed by atoms with Crippen LogP contribution in [0.15, 0.2) is 0 Å². The number of methoxy groups -OCH3 is 1. The first-order valence-corrected chi connectivity index (χ1v) is 16.0. The van der Waals surface area contributed by atoms with Crippen molar-refractivity contribution in [3.8, 4) is 0 Å². The van der Waals surface area contributed by atoms with Crippen LogP contribution in [0.3, 0.4) is 0 Å². The van der Waals surface area contributed by atoms with Crippen molar-refractivity contribution >= 4 is 23.9 Å². The Bertz CT molecular complexity index is 1120. The fourth-order valence-corrected chi connectivity index (χ4v) is 4.34. The van der Waals surface area contributed by atoms with E-state index in [0.29, 0.717) is 0 Å². The second-order valence-corrected chi connectivity index (χ2v) is 16.3. The number of carbonyl (C=O) groups is 4. The molecule has 0 unspecified atom stereocenters. The zero-order valence-corrected chi connectivity index (χ0v) is 30.4. The van der Waals surface area contributed by atoms with Gasteiger partial charge in [-0.1, -0.05) is 0 Å². The number of esters is 4. The third-order valence-electron chi connectivity index (χ3n) is 7.50. The van der Waals surface area contributed by atoms with Crippen LogP contribution in [0, 0.1) is 21.7 Å². The van der Waals surface area contributed by atoms with Crippen LogP contribution in [0.25, 0.3) is 0 Å². The zero-order valence-electron chi connectivity index (χ0n) is 30.4. The van der Waals surface area contributed by atoms with E-state index < -0.39 is 120 Å². The van der Waals surface area contributed by atoms with E-state index in [0.717, 1.165) is 0 Å². The fourth-order valence-electron chi connectivity index (χ4n) is 4.34. The molecule has 0 bridgehead atoms. The number of hydrogen-bond acceptors (Lipinski definition) is 15. The van der Waals surface area contributed by atoms with E-state index in [-0.39, 0.29) is 0 Å². The molecule has 0 amide bonds. The topological polar surface area (TPSA) is 203 Å². The molecule has 0 aromatic rings. The molecule has 48 heavy (non-hydrogen) atoms. The summed E-state index contributed by atoms with van der Waals surface area (Å²) >= 11 is 0. The molecule has 3 N–H and O–H groups in total. The molecule has 0 spiro atoms. The molecule has 278 valence electrons. The maximum atomic E-state index is 13.4. The van der Waals surface area contributed by atoms with Gasteiger partial charge in [0.1, 0.15) is 37.1 Å². The Morgan fingerprint density at radius 3 is 1.40 bits per heavy atom. The third kappa shape index (κ3) is 10.6. The lowest BCUT2D eigenvalue weighted by molar-refractivity contribution is -0.366. The highest BCUT2D eigenvalue weighted by Crippen LogP contribution is 2.36. The first kappa shape index (κ1) is 41.8. The maximum absolute atomic E-state index is 13.4. The molecule has 2 heterocycles. The van der Waals surface area contributed by atoms with Crippen molar-refractivity contribution in [2.24, 2.45) is 21.7 Å². The zero-order chi connectivity index (χ0) is 37.2. The monoisotopic (exact) mass is 692 g/mol. The Morgan fingerprint density at radius 1 is 0.562 bits per heavy atom. The smallest absolute Gasteiger partial charge is 0.311 e. The van der Waals surface area contributed by atoms with Crippen LogP contribution in [-0.4, -0.2) is 121 Å². The SMILES string of the molecule is CO[C@@H]1O[C@H](CO)[C@H](O)[C@H](O)[C@H]1O[C@@H]1O[C@H](COC(=O)C(C)(C)C)[C@@H](OC(=O)C(C)(C)C)[C@H](OC(=O)C(C)(C)C)[C@H]1OC(=O)C(C)(C)C. The Labute approximate surface area is 282 Å². The average Bonchev–Trinajstić information content (AvgIpc) is 2.94. The van der Waals surface area contributed by atoms with E-state index in [1.165, 1.54) is 7.11 Å². The summed E-state index contributed by atoms with van der Waals surface area (Å²) < 4.78 is 46.6. The van der Waals surface area contributed by atoms with Gasteiger partial charge in [-0.05, 0) is 83.1 Å². The molecular weight excluding hydrogens is 636 g/mol. The third-order valence-corrected chi connectivity index (χ3v) is 7.50. The van der Waals surface area contributed by atoms with E-state index in [1.807, 2.05) is 0 Å². The molecule has 0 radical (unpaired) electrons. The number of aliphatic hydroxyl groups is 3. The van der Waals surface area contributed by atoms with E-state index in [4.69, 9.17) is 37.9 Å². The average molecular weight is 693 g/mol. The minimum Gasteiger partial charge on any atom is -0.462 e. The van der Waals surface area contributed by atoms with Gasteiger partial charge in [0.2, 0.25) is 0 Å². The summed E-state index contributed by atoms with van der Waals surface area (Å²) in [6.07, 6.45) is -15.3. The van der Waals surface area contributed by atoms with Crippen molar-refractivity contribution in [3.05, 3.63) is 0 Å². The number of ether oxygens (including phenoxy) is 8. The van der Waals surface area contributed by atoms with Gasteiger partial charge in [0.25, 0.3) is 0 Å². The molecule has 0 aromatic carbocycles. The number of aliphatic hydroxyl groups excluding tert-OH is 3. The van der Waals surface area contributed by atoms with Crippen LogP contribution in [0.2, 0.25) is 0 Å². The predicted octanol–water partition coefficient (Wildman–Crippen LogP) is 1.64. The van der Waals surface area contributed by atoms with Crippen LogP contribution >= 0.6 is 0 Å². The molecule has 10 atom stereocenters. The molecule has 0 aromatic heterocycles. The van der Waals surface area contributed by atoms with Crippen molar-refractivity contribution in [1.82, 2.24) is 0 Å². The number of carbonyl (C=O) groups excluding carboxylic acids is 4. The summed E-state index contributed by atoms with van der Waals surface area (Å²) in [5, 5.41) is 31.3. The Morgan fingerprint density at radius 2 is 0.979 bits per heavy atom. The lowest BCUT2D eigenvalue weighted by Crippen LogP contribution is -2.67. The minimum atomic E-state index is -1.72. The molecule has 2 aliphatic rings. The van der Waals surface area contributed by atoms with Crippen molar-refractivity contribution in [3.63, 3.8) is 0 Å². The fraction of sp³-hybridized carbons (Fsp3) is 0.879. The number of hydrogen-bond donors (Lipinski definition) is 3.